The first-order valence-electron chi connectivity index (χ1n) is 14.6. The van der Waals surface area contributed by atoms with Gasteiger partial charge >= 0.3 is 0 Å². The fourth-order valence-electron chi connectivity index (χ4n) is 5.99. The van der Waals surface area contributed by atoms with Gasteiger partial charge in [0.15, 0.2) is 0 Å². The summed E-state index contributed by atoms with van der Waals surface area (Å²) in [5, 5.41) is 24.2. The molecule has 0 aromatic heterocycles. The van der Waals surface area contributed by atoms with Crippen LogP contribution in [0.2, 0.25) is 0 Å². The van der Waals surface area contributed by atoms with Gasteiger partial charge in [0.2, 0.25) is 9.84 Å². The van der Waals surface area contributed by atoms with E-state index in [2.05, 4.69) is 9.80 Å². The van der Waals surface area contributed by atoms with Crippen LogP contribution in [0.5, 0.6) is 0 Å². The first-order valence-corrected chi connectivity index (χ1v) is 16.1. The second-order valence-corrected chi connectivity index (χ2v) is 12.9. The lowest BCUT2D eigenvalue weighted by molar-refractivity contribution is -0.384. The predicted octanol–water partition coefficient (Wildman–Crippen LogP) is 4.99. The van der Waals surface area contributed by atoms with Crippen molar-refractivity contribution in [1.29, 1.82) is 0 Å². The fraction of sp³-hybridized carbons (Fsp3) is 0.250. The van der Waals surface area contributed by atoms with Crippen molar-refractivity contribution >= 4 is 44.0 Å². The molecule has 0 bridgehead atoms. The maximum Gasteiger partial charge on any atom is 0.293 e. The van der Waals surface area contributed by atoms with E-state index in [9.17, 15) is 28.6 Å². The van der Waals surface area contributed by atoms with E-state index < -0.39 is 19.7 Å². The highest BCUT2D eigenvalue weighted by molar-refractivity contribution is 7.91. The van der Waals surface area contributed by atoms with Gasteiger partial charge in [0.25, 0.3) is 11.4 Å². The van der Waals surface area contributed by atoms with Crippen molar-refractivity contribution in [3.8, 4) is 0 Å². The summed E-state index contributed by atoms with van der Waals surface area (Å²) in [6, 6.07) is 27.5. The molecule has 2 saturated heterocycles. The molecule has 0 saturated carbocycles. The molecule has 2 aliphatic rings. The predicted molar refractivity (Wildman–Crippen MR) is 173 cm³/mol. The van der Waals surface area contributed by atoms with Crippen molar-refractivity contribution in [2.75, 3.05) is 72.0 Å². The number of nitro benzene ring substituents is 2. The largest absolute Gasteiger partial charge is 0.368 e. The zero-order chi connectivity index (χ0) is 31.6. The summed E-state index contributed by atoms with van der Waals surface area (Å²) in [5.74, 6) is 0. The third-order valence-electron chi connectivity index (χ3n) is 8.39. The highest BCUT2D eigenvalue weighted by atomic mass is 32.2. The van der Waals surface area contributed by atoms with Crippen molar-refractivity contribution < 1.29 is 18.3 Å². The Morgan fingerprint density at radius 3 is 1.16 bits per heavy atom. The van der Waals surface area contributed by atoms with Crippen molar-refractivity contribution in [3.63, 3.8) is 0 Å². The van der Waals surface area contributed by atoms with Crippen LogP contribution in [-0.2, 0) is 9.84 Å². The molecule has 13 heteroatoms. The smallest absolute Gasteiger partial charge is 0.293 e. The molecule has 4 aromatic carbocycles. The number of para-hydroxylation sites is 2. The molecule has 6 rings (SSSR count). The third-order valence-corrected chi connectivity index (χ3v) is 10.1. The Bertz CT molecular complexity index is 1680. The van der Waals surface area contributed by atoms with Crippen molar-refractivity contribution in [2.24, 2.45) is 0 Å². The lowest BCUT2D eigenvalue weighted by Crippen LogP contribution is -2.46. The standard InChI is InChI=1S/C32H32N6O6S/c39-37(40)31-23-27(11-13-29(31)35-19-15-33(16-20-35)25-7-3-1-4-8-25)45(43,44)28-12-14-30(32(24-28)38(41)42)36-21-17-34(18-22-36)26-9-5-2-6-10-26/h1-14,23-24H,15-22H2. The topological polar surface area (TPSA) is 133 Å². The van der Waals surface area contributed by atoms with Crippen LogP contribution in [0, 0.1) is 20.2 Å². The summed E-state index contributed by atoms with van der Waals surface area (Å²) in [7, 11) is -4.30. The number of anilines is 4. The van der Waals surface area contributed by atoms with Crippen LogP contribution >= 0.6 is 0 Å². The first-order chi connectivity index (χ1) is 21.7. The number of nitrogens with zero attached hydrogens (tertiary/aromatic N) is 6. The summed E-state index contributed by atoms with van der Waals surface area (Å²) in [6.07, 6.45) is 0. The first kappa shape index (κ1) is 29.9. The highest BCUT2D eigenvalue weighted by Gasteiger charge is 2.30. The molecule has 0 aliphatic carbocycles. The van der Waals surface area contributed by atoms with E-state index in [4.69, 9.17) is 0 Å². The van der Waals surface area contributed by atoms with Crippen LogP contribution in [0.1, 0.15) is 0 Å². The van der Waals surface area contributed by atoms with Gasteiger partial charge in [-0.05, 0) is 48.5 Å². The quantitative estimate of drug-likeness (QED) is 0.194. The molecule has 0 radical (unpaired) electrons. The second kappa shape index (κ2) is 12.4. The lowest BCUT2D eigenvalue weighted by atomic mass is 10.2. The van der Waals surface area contributed by atoms with Crippen LogP contribution in [-0.4, -0.2) is 70.6 Å². The molecule has 2 heterocycles. The van der Waals surface area contributed by atoms with Gasteiger partial charge in [-0.3, -0.25) is 20.2 Å². The minimum absolute atomic E-state index is 0.292. The summed E-state index contributed by atoms with van der Waals surface area (Å²) < 4.78 is 27.3. The van der Waals surface area contributed by atoms with E-state index in [-0.39, 0.29) is 21.2 Å². The van der Waals surface area contributed by atoms with Crippen LogP contribution < -0.4 is 19.6 Å². The van der Waals surface area contributed by atoms with Crippen molar-refractivity contribution in [1.82, 2.24) is 0 Å². The van der Waals surface area contributed by atoms with Crippen molar-refractivity contribution in [2.45, 2.75) is 9.79 Å². The summed E-state index contributed by atoms with van der Waals surface area (Å²) >= 11 is 0. The Morgan fingerprint density at radius 2 is 0.822 bits per heavy atom. The minimum atomic E-state index is -4.30. The molecule has 2 aliphatic heterocycles. The average Bonchev–Trinajstić information content (AvgIpc) is 3.08. The zero-order valence-corrected chi connectivity index (χ0v) is 25.3. The number of sulfone groups is 1. The van der Waals surface area contributed by atoms with E-state index in [0.717, 1.165) is 23.5 Å². The summed E-state index contributed by atoms with van der Waals surface area (Å²) in [5.41, 5.74) is 2.16. The van der Waals surface area contributed by atoms with Crippen LogP contribution in [0.4, 0.5) is 34.1 Å². The maximum atomic E-state index is 13.7. The molecular formula is C32H32N6O6S. The van der Waals surface area contributed by atoms with Gasteiger partial charge in [-0.2, -0.15) is 0 Å². The maximum absolute atomic E-state index is 13.7. The second-order valence-electron chi connectivity index (χ2n) is 10.9. The molecular weight excluding hydrogens is 596 g/mol. The van der Waals surface area contributed by atoms with Crippen LogP contribution in [0.15, 0.2) is 107 Å². The number of nitro groups is 2. The molecule has 45 heavy (non-hydrogen) atoms. The SMILES string of the molecule is O=[N+]([O-])c1cc(S(=O)(=O)c2ccc(N3CCN(c4ccccc4)CC3)c([N+](=O)[O-])c2)ccc1N1CCN(c2ccccc2)CC1. The van der Waals surface area contributed by atoms with E-state index >= 15 is 0 Å². The lowest BCUT2D eigenvalue weighted by Gasteiger charge is -2.37. The van der Waals surface area contributed by atoms with Gasteiger partial charge in [-0.15, -0.1) is 0 Å². The van der Waals surface area contributed by atoms with Gasteiger partial charge in [-0.1, -0.05) is 36.4 Å². The monoisotopic (exact) mass is 628 g/mol. The van der Waals surface area contributed by atoms with E-state index in [0.29, 0.717) is 63.7 Å². The Kier molecular flexibility index (Phi) is 8.26. The number of piperazine rings is 2. The zero-order valence-electron chi connectivity index (χ0n) is 24.4. The summed E-state index contributed by atoms with van der Waals surface area (Å²) in [6.45, 7) is 4.70. The summed E-state index contributed by atoms with van der Waals surface area (Å²) in [4.78, 5) is 30.6. The normalized spacial score (nSPS) is 15.6. The van der Waals surface area contributed by atoms with E-state index in [1.807, 2.05) is 70.5 Å². The van der Waals surface area contributed by atoms with Crippen LogP contribution in [0.25, 0.3) is 0 Å². The third kappa shape index (κ3) is 6.11. The molecule has 4 aromatic rings. The van der Waals surface area contributed by atoms with Gasteiger partial charge < -0.3 is 19.6 Å². The number of hydrogen-bond acceptors (Lipinski definition) is 10. The molecule has 0 N–H and O–H groups in total. The number of rotatable bonds is 8. The van der Waals surface area contributed by atoms with Gasteiger partial charge in [0.05, 0.1) is 19.6 Å². The Hall–Kier alpha value is -5.17. The molecule has 0 atom stereocenters. The number of benzene rings is 4. The molecule has 0 unspecified atom stereocenters. The van der Waals surface area contributed by atoms with E-state index in [1.54, 1.807) is 0 Å². The highest BCUT2D eigenvalue weighted by Crippen LogP contribution is 2.37. The van der Waals surface area contributed by atoms with Gasteiger partial charge in [-0.25, -0.2) is 8.42 Å². The Labute approximate surface area is 260 Å². The molecule has 2 fully saturated rings. The molecule has 12 nitrogen and oxygen atoms in total. The number of hydrogen-bond donors (Lipinski definition) is 0. The average molecular weight is 629 g/mol. The van der Waals surface area contributed by atoms with E-state index in [1.165, 1.54) is 24.3 Å². The molecule has 0 amide bonds. The minimum Gasteiger partial charge on any atom is -0.368 e. The Morgan fingerprint density at radius 1 is 0.489 bits per heavy atom. The molecule has 0 spiro atoms. The molecule has 232 valence electrons. The van der Waals surface area contributed by atoms with Gasteiger partial charge in [0, 0.05) is 75.9 Å². The van der Waals surface area contributed by atoms with Crippen LogP contribution in [0.3, 0.4) is 0 Å². The Balaban J connectivity index is 1.22. The van der Waals surface area contributed by atoms with Gasteiger partial charge in [0.1, 0.15) is 11.4 Å². The fourth-order valence-corrected chi connectivity index (χ4v) is 7.29. The van der Waals surface area contributed by atoms with Crippen molar-refractivity contribution in [3.05, 3.63) is 117 Å².